The molecular weight excluding hydrogens is 250 g/mol. The number of hydrogen-bond acceptors (Lipinski definition) is 3. The summed E-state index contributed by atoms with van der Waals surface area (Å²) in [4.78, 5) is 14.2. The molecule has 1 aromatic rings. The summed E-state index contributed by atoms with van der Waals surface area (Å²) in [6.45, 7) is 9.30. The van der Waals surface area contributed by atoms with Gasteiger partial charge in [0.05, 0.1) is 6.54 Å². The lowest BCUT2D eigenvalue weighted by molar-refractivity contribution is -0.120. The number of hydrogen-bond donors (Lipinski definition) is 2. The first-order valence-electron chi connectivity index (χ1n) is 7.47. The summed E-state index contributed by atoms with van der Waals surface area (Å²) >= 11 is 0. The van der Waals surface area contributed by atoms with E-state index in [0.717, 1.165) is 26.1 Å². The van der Waals surface area contributed by atoms with Crippen molar-refractivity contribution in [3.8, 4) is 0 Å². The Kier molecular flexibility index (Phi) is 5.01. The van der Waals surface area contributed by atoms with Crippen LogP contribution in [0.2, 0.25) is 0 Å². The molecule has 0 unspecified atom stereocenters. The zero-order chi connectivity index (χ0) is 14.5. The second kappa shape index (κ2) is 6.75. The lowest BCUT2D eigenvalue weighted by Gasteiger charge is -2.29. The molecule has 0 atom stereocenters. The van der Waals surface area contributed by atoms with Crippen molar-refractivity contribution < 1.29 is 4.79 Å². The van der Waals surface area contributed by atoms with Gasteiger partial charge in [-0.25, -0.2) is 0 Å². The SMILES string of the molecule is CCN(CC(=O)NC(C)C)c1cccc2c1CCNC2. The first-order chi connectivity index (χ1) is 9.61. The number of rotatable bonds is 5. The van der Waals surface area contributed by atoms with Crippen molar-refractivity contribution in [1.82, 2.24) is 10.6 Å². The predicted octanol–water partition coefficient (Wildman–Crippen LogP) is 1.68. The van der Waals surface area contributed by atoms with E-state index < -0.39 is 0 Å². The molecule has 1 amide bonds. The van der Waals surface area contributed by atoms with Crippen LogP contribution in [-0.4, -0.2) is 31.6 Å². The number of carbonyl (C=O) groups is 1. The van der Waals surface area contributed by atoms with Gasteiger partial charge in [-0.3, -0.25) is 4.79 Å². The van der Waals surface area contributed by atoms with E-state index >= 15 is 0 Å². The van der Waals surface area contributed by atoms with Gasteiger partial charge >= 0.3 is 0 Å². The van der Waals surface area contributed by atoms with Gasteiger partial charge in [0.1, 0.15) is 0 Å². The van der Waals surface area contributed by atoms with Crippen molar-refractivity contribution in [3.63, 3.8) is 0 Å². The Balaban J connectivity index is 2.17. The fraction of sp³-hybridized carbons (Fsp3) is 0.562. The van der Waals surface area contributed by atoms with Crippen LogP contribution < -0.4 is 15.5 Å². The maximum atomic E-state index is 12.0. The minimum absolute atomic E-state index is 0.0911. The van der Waals surface area contributed by atoms with Crippen molar-refractivity contribution in [3.05, 3.63) is 29.3 Å². The Hall–Kier alpha value is -1.55. The molecule has 0 aromatic heterocycles. The summed E-state index contributed by atoms with van der Waals surface area (Å²) in [6.07, 6.45) is 1.04. The molecule has 0 bridgehead atoms. The van der Waals surface area contributed by atoms with E-state index in [4.69, 9.17) is 0 Å². The summed E-state index contributed by atoms with van der Waals surface area (Å²) in [6, 6.07) is 6.59. The summed E-state index contributed by atoms with van der Waals surface area (Å²) in [5.74, 6) is 0.0911. The first-order valence-corrected chi connectivity index (χ1v) is 7.47. The van der Waals surface area contributed by atoms with Gasteiger partial charge in [-0.15, -0.1) is 0 Å². The van der Waals surface area contributed by atoms with Crippen LogP contribution in [0.5, 0.6) is 0 Å². The molecule has 0 saturated carbocycles. The van der Waals surface area contributed by atoms with Crippen LogP contribution in [0.1, 0.15) is 31.9 Å². The maximum Gasteiger partial charge on any atom is 0.239 e. The molecule has 1 heterocycles. The monoisotopic (exact) mass is 275 g/mol. The topological polar surface area (TPSA) is 44.4 Å². The number of nitrogens with one attached hydrogen (secondary N) is 2. The van der Waals surface area contributed by atoms with Crippen LogP contribution in [0, 0.1) is 0 Å². The van der Waals surface area contributed by atoms with Crippen LogP contribution >= 0.6 is 0 Å². The van der Waals surface area contributed by atoms with Gasteiger partial charge < -0.3 is 15.5 Å². The van der Waals surface area contributed by atoms with Crippen LogP contribution in [0.4, 0.5) is 5.69 Å². The molecule has 0 spiro atoms. The number of carbonyl (C=O) groups excluding carboxylic acids is 1. The molecule has 4 heteroatoms. The van der Waals surface area contributed by atoms with Crippen LogP contribution in [0.15, 0.2) is 18.2 Å². The molecule has 1 aliphatic rings. The average Bonchev–Trinajstić information content (AvgIpc) is 2.43. The van der Waals surface area contributed by atoms with Gasteiger partial charge in [0.15, 0.2) is 0 Å². The maximum absolute atomic E-state index is 12.0. The van der Waals surface area contributed by atoms with E-state index in [1.807, 2.05) is 13.8 Å². The molecule has 1 aliphatic heterocycles. The van der Waals surface area contributed by atoms with E-state index in [9.17, 15) is 4.79 Å². The number of amides is 1. The van der Waals surface area contributed by atoms with Gasteiger partial charge in [-0.05, 0) is 50.9 Å². The number of benzene rings is 1. The molecule has 0 saturated heterocycles. The van der Waals surface area contributed by atoms with Crippen LogP contribution in [0.3, 0.4) is 0 Å². The molecule has 2 N–H and O–H groups in total. The highest BCUT2D eigenvalue weighted by Crippen LogP contribution is 2.26. The Labute approximate surface area is 121 Å². The standard InChI is InChI=1S/C16H25N3O/c1-4-19(11-16(20)18-12(2)3)15-7-5-6-13-10-17-9-8-14(13)15/h5-7,12,17H,4,8-11H2,1-3H3,(H,18,20). The van der Waals surface area contributed by atoms with Gasteiger partial charge in [0.25, 0.3) is 0 Å². The van der Waals surface area contributed by atoms with E-state index in [-0.39, 0.29) is 11.9 Å². The zero-order valence-electron chi connectivity index (χ0n) is 12.7. The van der Waals surface area contributed by atoms with Crippen LogP contribution in [0.25, 0.3) is 0 Å². The highest BCUT2D eigenvalue weighted by atomic mass is 16.2. The number of anilines is 1. The van der Waals surface area contributed by atoms with E-state index in [0.29, 0.717) is 6.54 Å². The molecule has 1 aromatic carbocycles. The Morgan fingerprint density at radius 1 is 1.45 bits per heavy atom. The second-order valence-corrected chi connectivity index (χ2v) is 5.58. The number of nitrogens with zero attached hydrogens (tertiary/aromatic N) is 1. The zero-order valence-corrected chi connectivity index (χ0v) is 12.7. The van der Waals surface area contributed by atoms with E-state index in [1.165, 1.54) is 16.8 Å². The first kappa shape index (κ1) is 14.9. The van der Waals surface area contributed by atoms with Crippen molar-refractivity contribution in [2.75, 3.05) is 24.5 Å². The summed E-state index contributed by atoms with van der Waals surface area (Å²) in [5, 5.41) is 6.36. The molecule has 4 nitrogen and oxygen atoms in total. The van der Waals surface area contributed by atoms with Gasteiger partial charge in [-0.2, -0.15) is 0 Å². The Morgan fingerprint density at radius 2 is 2.25 bits per heavy atom. The average molecular weight is 275 g/mol. The predicted molar refractivity (Wildman–Crippen MR) is 83.0 cm³/mol. The highest BCUT2D eigenvalue weighted by Gasteiger charge is 2.18. The summed E-state index contributed by atoms with van der Waals surface area (Å²) in [5.41, 5.74) is 3.97. The highest BCUT2D eigenvalue weighted by molar-refractivity contribution is 5.82. The van der Waals surface area contributed by atoms with Crippen LogP contribution in [-0.2, 0) is 17.8 Å². The number of fused-ring (bicyclic) bond motifs is 1. The quantitative estimate of drug-likeness (QED) is 0.859. The normalized spacial score (nSPS) is 14.0. The van der Waals surface area contributed by atoms with Crippen molar-refractivity contribution in [1.29, 1.82) is 0 Å². The smallest absolute Gasteiger partial charge is 0.239 e. The largest absolute Gasteiger partial charge is 0.362 e. The fourth-order valence-electron chi connectivity index (χ4n) is 2.72. The summed E-state index contributed by atoms with van der Waals surface area (Å²) < 4.78 is 0. The Bertz CT molecular complexity index is 471. The van der Waals surface area contributed by atoms with E-state index in [2.05, 4.69) is 40.7 Å². The van der Waals surface area contributed by atoms with Crippen molar-refractivity contribution >= 4 is 11.6 Å². The van der Waals surface area contributed by atoms with Crippen molar-refractivity contribution in [2.45, 2.75) is 39.8 Å². The molecule has 0 fully saturated rings. The lowest BCUT2D eigenvalue weighted by atomic mass is 9.98. The third-order valence-corrected chi connectivity index (χ3v) is 3.62. The lowest BCUT2D eigenvalue weighted by Crippen LogP contribution is -2.40. The Morgan fingerprint density at radius 3 is 2.95 bits per heavy atom. The molecule has 20 heavy (non-hydrogen) atoms. The van der Waals surface area contributed by atoms with Gasteiger partial charge in [-0.1, -0.05) is 12.1 Å². The van der Waals surface area contributed by atoms with Gasteiger partial charge in [0.2, 0.25) is 5.91 Å². The fourth-order valence-corrected chi connectivity index (χ4v) is 2.72. The minimum Gasteiger partial charge on any atom is -0.362 e. The third kappa shape index (κ3) is 3.51. The molecule has 110 valence electrons. The summed E-state index contributed by atoms with van der Waals surface area (Å²) in [7, 11) is 0. The van der Waals surface area contributed by atoms with Crippen molar-refractivity contribution in [2.24, 2.45) is 0 Å². The number of likely N-dealkylation sites (N-methyl/N-ethyl adjacent to an activating group) is 1. The molecular formula is C16H25N3O. The molecule has 2 rings (SSSR count). The molecule has 0 radical (unpaired) electrons. The van der Waals surface area contributed by atoms with E-state index in [1.54, 1.807) is 0 Å². The second-order valence-electron chi connectivity index (χ2n) is 5.58. The third-order valence-electron chi connectivity index (χ3n) is 3.62. The minimum atomic E-state index is 0.0911. The van der Waals surface area contributed by atoms with Gasteiger partial charge in [0, 0.05) is 24.8 Å². The molecule has 0 aliphatic carbocycles.